The number of thiophene rings is 1. The lowest BCUT2D eigenvalue weighted by atomic mass is 10.1. The van der Waals surface area contributed by atoms with E-state index in [1.807, 2.05) is 26.2 Å². The molecular weight excluding hydrogens is 290 g/mol. The maximum atomic E-state index is 12.0. The fourth-order valence-corrected chi connectivity index (χ4v) is 3.79. The van der Waals surface area contributed by atoms with Crippen molar-refractivity contribution in [2.45, 2.75) is 52.5 Å². The molecule has 2 heterocycles. The van der Waals surface area contributed by atoms with Crippen LogP contribution in [0.2, 0.25) is 0 Å². The Labute approximate surface area is 128 Å². The normalized spacial score (nSPS) is 24.1. The summed E-state index contributed by atoms with van der Waals surface area (Å²) in [5.74, 6) is -0.447. The van der Waals surface area contributed by atoms with Gasteiger partial charge in [-0.05, 0) is 37.8 Å². The van der Waals surface area contributed by atoms with Gasteiger partial charge >= 0.3 is 5.97 Å². The molecule has 1 fully saturated rings. The highest BCUT2D eigenvalue weighted by atomic mass is 32.1. The lowest BCUT2D eigenvalue weighted by Crippen LogP contribution is -2.48. The van der Waals surface area contributed by atoms with E-state index >= 15 is 0 Å². The molecule has 0 bridgehead atoms. The first-order chi connectivity index (χ1) is 9.72. The van der Waals surface area contributed by atoms with Crippen LogP contribution in [0.15, 0.2) is 11.4 Å². The molecule has 2 atom stereocenters. The van der Waals surface area contributed by atoms with Crippen molar-refractivity contribution in [3.63, 3.8) is 0 Å². The Hall–Kier alpha value is -1.40. The number of hydrogen-bond acceptors (Lipinski definition) is 5. The summed E-state index contributed by atoms with van der Waals surface area (Å²) in [7, 11) is 0. The minimum atomic E-state index is -0.723. The van der Waals surface area contributed by atoms with Crippen molar-refractivity contribution in [2.75, 3.05) is 6.61 Å². The average molecular weight is 311 g/mol. The number of rotatable bonds is 3. The van der Waals surface area contributed by atoms with Gasteiger partial charge in [-0.25, -0.2) is 0 Å². The van der Waals surface area contributed by atoms with Crippen LogP contribution in [0.1, 0.15) is 44.2 Å². The number of carbonyl (C=O) groups excluding carboxylic acids is 2. The van der Waals surface area contributed by atoms with Crippen LogP contribution in [-0.2, 0) is 19.1 Å². The standard InChI is InChI=1S/C15H21NO4S/c1-9-6-13(21-8-9)14-12(7-19-11(3)18)16(10(2)17)15(4,5)20-14/h6,8,12,14H,7H2,1-5H3. The van der Waals surface area contributed by atoms with Gasteiger partial charge in [-0.15, -0.1) is 11.3 Å². The molecule has 21 heavy (non-hydrogen) atoms. The second kappa shape index (κ2) is 5.77. The molecule has 0 radical (unpaired) electrons. The molecule has 1 aromatic rings. The molecule has 0 saturated carbocycles. The minimum absolute atomic E-state index is 0.0899. The van der Waals surface area contributed by atoms with Crippen LogP contribution < -0.4 is 0 Å². The number of hydrogen-bond donors (Lipinski definition) is 0. The summed E-state index contributed by atoms with van der Waals surface area (Å²) in [6.07, 6.45) is -0.276. The highest BCUT2D eigenvalue weighted by molar-refractivity contribution is 7.10. The molecule has 1 amide bonds. The second-order valence-electron chi connectivity index (χ2n) is 5.77. The fraction of sp³-hybridized carbons (Fsp3) is 0.600. The summed E-state index contributed by atoms with van der Waals surface area (Å²) in [6.45, 7) is 8.74. The molecule has 0 aliphatic carbocycles. The first-order valence-electron chi connectivity index (χ1n) is 6.88. The molecule has 0 spiro atoms. The Morgan fingerprint density at radius 2 is 2.10 bits per heavy atom. The molecule has 1 aromatic heterocycles. The van der Waals surface area contributed by atoms with Gasteiger partial charge in [-0.2, -0.15) is 0 Å². The van der Waals surface area contributed by atoms with E-state index in [0.717, 1.165) is 10.4 Å². The predicted molar refractivity (Wildman–Crippen MR) is 79.9 cm³/mol. The molecular formula is C15H21NO4S. The summed E-state index contributed by atoms with van der Waals surface area (Å²) in [5.41, 5.74) is 0.433. The van der Waals surface area contributed by atoms with Crippen LogP contribution in [0.5, 0.6) is 0 Å². The van der Waals surface area contributed by atoms with Gasteiger partial charge in [0.25, 0.3) is 0 Å². The highest BCUT2D eigenvalue weighted by Crippen LogP contribution is 2.42. The SMILES string of the molecule is CC(=O)OCC1C(c2cc(C)cs2)OC(C)(C)N1C(C)=O. The summed E-state index contributed by atoms with van der Waals surface area (Å²) in [6, 6.07) is 1.75. The number of aryl methyl sites for hydroxylation is 1. The topological polar surface area (TPSA) is 55.8 Å². The maximum absolute atomic E-state index is 12.0. The first kappa shape index (κ1) is 16.0. The smallest absolute Gasteiger partial charge is 0.302 e. The van der Waals surface area contributed by atoms with E-state index in [1.165, 1.54) is 13.8 Å². The van der Waals surface area contributed by atoms with E-state index < -0.39 is 5.72 Å². The van der Waals surface area contributed by atoms with Gasteiger partial charge < -0.3 is 14.4 Å². The largest absolute Gasteiger partial charge is 0.464 e. The Morgan fingerprint density at radius 3 is 2.57 bits per heavy atom. The zero-order valence-corrected chi connectivity index (χ0v) is 13.8. The van der Waals surface area contributed by atoms with Crippen LogP contribution >= 0.6 is 11.3 Å². The zero-order chi connectivity index (χ0) is 15.8. The average Bonchev–Trinajstić information content (AvgIpc) is 2.87. The summed E-state index contributed by atoms with van der Waals surface area (Å²) in [4.78, 5) is 25.8. The van der Waals surface area contributed by atoms with Crippen molar-refractivity contribution in [2.24, 2.45) is 0 Å². The third-order valence-electron chi connectivity index (χ3n) is 3.50. The summed E-state index contributed by atoms with van der Waals surface area (Å²) >= 11 is 1.60. The van der Waals surface area contributed by atoms with Gasteiger partial charge in [0.15, 0.2) is 0 Å². The van der Waals surface area contributed by atoms with Gasteiger partial charge in [0.2, 0.25) is 5.91 Å². The summed E-state index contributed by atoms with van der Waals surface area (Å²) < 4.78 is 11.2. The molecule has 6 heteroatoms. The van der Waals surface area contributed by atoms with E-state index in [0.29, 0.717) is 0 Å². The molecule has 0 aromatic carbocycles. The Bertz CT molecular complexity index is 552. The van der Waals surface area contributed by atoms with Crippen LogP contribution in [-0.4, -0.2) is 35.2 Å². The van der Waals surface area contributed by atoms with E-state index in [4.69, 9.17) is 9.47 Å². The second-order valence-corrected chi connectivity index (χ2v) is 6.71. The third kappa shape index (κ3) is 3.27. The molecule has 0 N–H and O–H groups in total. The Kier molecular flexibility index (Phi) is 4.39. The van der Waals surface area contributed by atoms with Crippen molar-refractivity contribution in [3.8, 4) is 0 Å². The van der Waals surface area contributed by atoms with E-state index in [9.17, 15) is 9.59 Å². The number of nitrogens with zero attached hydrogens (tertiary/aromatic N) is 1. The maximum Gasteiger partial charge on any atom is 0.302 e. The molecule has 2 unspecified atom stereocenters. The fourth-order valence-electron chi connectivity index (χ4n) is 2.81. The Morgan fingerprint density at radius 1 is 1.43 bits per heavy atom. The van der Waals surface area contributed by atoms with Gasteiger partial charge in [0.05, 0.1) is 6.04 Å². The number of amides is 1. The van der Waals surface area contributed by atoms with E-state index in [2.05, 4.69) is 6.07 Å². The molecule has 1 aliphatic rings. The highest BCUT2D eigenvalue weighted by Gasteiger charge is 2.50. The zero-order valence-electron chi connectivity index (χ0n) is 13.0. The molecule has 1 saturated heterocycles. The van der Waals surface area contributed by atoms with Crippen LogP contribution in [0, 0.1) is 6.92 Å². The lowest BCUT2D eigenvalue weighted by Gasteiger charge is -2.32. The van der Waals surface area contributed by atoms with Crippen molar-refractivity contribution in [1.29, 1.82) is 0 Å². The number of carbonyl (C=O) groups is 2. The van der Waals surface area contributed by atoms with Crippen molar-refractivity contribution in [3.05, 3.63) is 21.9 Å². The van der Waals surface area contributed by atoms with Crippen molar-refractivity contribution in [1.82, 2.24) is 4.90 Å². The monoisotopic (exact) mass is 311 g/mol. The number of esters is 1. The lowest BCUT2D eigenvalue weighted by molar-refractivity contribution is -0.150. The first-order valence-corrected chi connectivity index (χ1v) is 7.76. The quantitative estimate of drug-likeness (QED) is 0.805. The minimum Gasteiger partial charge on any atom is -0.464 e. The summed E-state index contributed by atoms with van der Waals surface area (Å²) in [5, 5.41) is 2.05. The van der Waals surface area contributed by atoms with E-state index in [1.54, 1.807) is 16.2 Å². The predicted octanol–water partition coefficient (Wildman–Crippen LogP) is 2.64. The van der Waals surface area contributed by atoms with Gasteiger partial charge in [-0.3, -0.25) is 9.59 Å². The van der Waals surface area contributed by atoms with Crippen LogP contribution in [0.3, 0.4) is 0 Å². The van der Waals surface area contributed by atoms with E-state index in [-0.39, 0.29) is 30.6 Å². The van der Waals surface area contributed by atoms with Gasteiger partial charge in [-0.1, -0.05) is 0 Å². The molecule has 1 aliphatic heterocycles. The molecule has 2 rings (SSSR count). The van der Waals surface area contributed by atoms with Crippen LogP contribution in [0.4, 0.5) is 0 Å². The van der Waals surface area contributed by atoms with Crippen LogP contribution in [0.25, 0.3) is 0 Å². The van der Waals surface area contributed by atoms with Gasteiger partial charge in [0, 0.05) is 18.7 Å². The van der Waals surface area contributed by atoms with Crippen molar-refractivity contribution < 1.29 is 19.1 Å². The third-order valence-corrected chi connectivity index (χ3v) is 4.62. The van der Waals surface area contributed by atoms with Gasteiger partial charge in [0.1, 0.15) is 18.4 Å². The molecule has 116 valence electrons. The molecule has 5 nitrogen and oxygen atoms in total. The Balaban J connectivity index is 2.33. The van der Waals surface area contributed by atoms with Crippen molar-refractivity contribution >= 4 is 23.2 Å². The number of ether oxygens (including phenoxy) is 2.